The van der Waals surface area contributed by atoms with Crippen LogP contribution in [0.5, 0.6) is 0 Å². The number of imide groups is 1. The van der Waals surface area contributed by atoms with Crippen LogP contribution >= 0.6 is 11.8 Å². The third-order valence-corrected chi connectivity index (χ3v) is 7.96. The van der Waals surface area contributed by atoms with Crippen LogP contribution in [0.25, 0.3) is 11.4 Å². The van der Waals surface area contributed by atoms with Crippen LogP contribution in [0, 0.1) is 0 Å². The number of nitrogens with zero attached hydrogens (tertiary/aromatic N) is 4. The summed E-state index contributed by atoms with van der Waals surface area (Å²) in [5.41, 5.74) is 3.45. The summed E-state index contributed by atoms with van der Waals surface area (Å²) in [4.78, 5) is 26.8. The van der Waals surface area contributed by atoms with Crippen molar-refractivity contribution in [2.75, 3.05) is 12.3 Å². The number of hydrogen-bond donors (Lipinski definition) is 0. The van der Waals surface area contributed by atoms with Crippen LogP contribution in [0.15, 0.2) is 53.7 Å². The van der Waals surface area contributed by atoms with Gasteiger partial charge in [0.05, 0.1) is 11.1 Å². The molecule has 2 amide bonds. The third-order valence-electron chi connectivity index (χ3n) is 7.04. The standard InChI is InChI=1S/C28H32N4O2S/c1-28(2,3)20-15-13-19(14-16-20)24-29-30-27(32(24)21-9-5-4-6-10-21)35-18-17-31-25(33)22-11-7-8-12-23(22)26(31)34/h7-8,11-16,21H,4-6,9-10,17-18H2,1-3H3. The first-order valence-electron chi connectivity index (χ1n) is 12.5. The number of carbonyl (C=O) groups excluding carboxylic acids is 2. The highest BCUT2D eigenvalue weighted by atomic mass is 32.2. The van der Waals surface area contributed by atoms with Gasteiger partial charge >= 0.3 is 0 Å². The van der Waals surface area contributed by atoms with E-state index >= 15 is 0 Å². The predicted octanol–water partition coefficient (Wildman–Crippen LogP) is 6.14. The number of benzene rings is 2. The van der Waals surface area contributed by atoms with Crippen molar-refractivity contribution in [2.45, 2.75) is 69.5 Å². The molecule has 0 radical (unpaired) electrons. The summed E-state index contributed by atoms with van der Waals surface area (Å²) in [6, 6.07) is 16.1. The second-order valence-electron chi connectivity index (χ2n) is 10.5. The first kappa shape index (κ1) is 23.8. The van der Waals surface area contributed by atoms with E-state index in [9.17, 15) is 9.59 Å². The van der Waals surface area contributed by atoms with Crippen molar-refractivity contribution in [2.24, 2.45) is 0 Å². The fourth-order valence-corrected chi connectivity index (χ4v) is 5.96. The summed E-state index contributed by atoms with van der Waals surface area (Å²) < 4.78 is 2.30. The molecule has 0 bridgehead atoms. The van der Waals surface area contributed by atoms with Gasteiger partial charge in [-0.05, 0) is 36.0 Å². The molecule has 0 spiro atoms. The predicted molar refractivity (Wildman–Crippen MR) is 139 cm³/mol. The Labute approximate surface area is 211 Å². The minimum atomic E-state index is -0.209. The van der Waals surface area contributed by atoms with Crippen LogP contribution in [-0.4, -0.2) is 43.8 Å². The van der Waals surface area contributed by atoms with Gasteiger partial charge < -0.3 is 0 Å². The van der Waals surface area contributed by atoms with Gasteiger partial charge in [0.15, 0.2) is 11.0 Å². The summed E-state index contributed by atoms with van der Waals surface area (Å²) in [7, 11) is 0. The highest BCUT2D eigenvalue weighted by Gasteiger charge is 2.35. The number of fused-ring (bicyclic) bond motifs is 1. The fourth-order valence-electron chi connectivity index (χ4n) is 5.03. The molecule has 0 unspecified atom stereocenters. The molecule has 3 aromatic rings. The highest BCUT2D eigenvalue weighted by molar-refractivity contribution is 7.99. The molecule has 1 aliphatic heterocycles. The summed E-state index contributed by atoms with van der Waals surface area (Å²) in [5.74, 6) is 1.07. The summed E-state index contributed by atoms with van der Waals surface area (Å²) in [5, 5.41) is 10.0. The quantitative estimate of drug-likeness (QED) is 0.308. The molecule has 1 aliphatic carbocycles. The second-order valence-corrected chi connectivity index (χ2v) is 11.5. The van der Waals surface area contributed by atoms with E-state index in [1.165, 1.54) is 29.7 Å². The highest BCUT2D eigenvalue weighted by Crippen LogP contribution is 2.36. The van der Waals surface area contributed by atoms with E-state index in [-0.39, 0.29) is 17.2 Å². The van der Waals surface area contributed by atoms with Gasteiger partial charge in [0.1, 0.15) is 0 Å². The third kappa shape index (κ3) is 4.66. The maximum Gasteiger partial charge on any atom is 0.261 e. The van der Waals surface area contributed by atoms with Gasteiger partial charge in [-0.2, -0.15) is 0 Å². The largest absolute Gasteiger partial charge is 0.299 e. The van der Waals surface area contributed by atoms with Gasteiger partial charge in [0.2, 0.25) is 0 Å². The molecule has 1 saturated carbocycles. The molecule has 182 valence electrons. The lowest BCUT2D eigenvalue weighted by Gasteiger charge is -2.26. The maximum atomic E-state index is 12.7. The Hall–Kier alpha value is -2.93. The molecule has 35 heavy (non-hydrogen) atoms. The second kappa shape index (κ2) is 9.61. The molecule has 1 fully saturated rings. The molecular formula is C28H32N4O2S. The zero-order chi connectivity index (χ0) is 24.6. The van der Waals surface area contributed by atoms with Crippen molar-refractivity contribution in [1.82, 2.24) is 19.7 Å². The van der Waals surface area contributed by atoms with Crippen LogP contribution in [0.3, 0.4) is 0 Å². The Kier molecular flexibility index (Phi) is 6.53. The molecular weight excluding hydrogens is 456 g/mol. The van der Waals surface area contributed by atoms with Crippen molar-refractivity contribution in [3.8, 4) is 11.4 Å². The zero-order valence-electron chi connectivity index (χ0n) is 20.7. The summed E-state index contributed by atoms with van der Waals surface area (Å²) >= 11 is 1.58. The van der Waals surface area contributed by atoms with Crippen molar-refractivity contribution in [3.63, 3.8) is 0 Å². The number of carbonyl (C=O) groups is 2. The van der Waals surface area contributed by atoms with Gasteiger partial charge in [-0.1, -0.05) is 88.2 Å². The lowest BCUT2D eigenvalue weighted by molar-refractivity contribution is 0.0664. The zero-order valence-corrected chi connectivity index (χ0v) is 21.5. The molecule has 1 aromatic heterocycles. The Balaban J connectivity index is 1.36. The average Bonchev–Trinajstić information content (AvgIpc) is 3.39. The van der Waals surface area contributed by atoms with E-state index in [0.29, 0.717) is 29.5 Å². The molecule has 7 heteroatoms. The maximum absolute atomic E-state index is 12.7. The van der Waals surface area contributed by atoms with E-state index < -0.39 is 0 Å². The monoisotopic (exact) mass is 488 g/mol. The molecule has 2 heterocycles. The number of thioether (sulfide) groups is 1. The molecule has 2 aliphatic rings. The number of aromatic nitrogens is 3. The molecule has 2 aromatic carbocycles. The first-order valence-corrected chi connectivity index (χ1v) is 13.5. The van der Waals surface area contributed by atoms with Gasteiger partial charge in [0.25, 0.3) is 11.8 Å². The molecule has 6 nitrogen and oxygen atoms in total. The van der Waals surface area contributed by atoms with Gasteiger partial charge in [-0.25, -0.2) is 0 Å². The minimum Gasteiger partial charge on any atom is -0.299 e. The Morgan fingerprint density at radius 1 is 0.886 bits per heavy atom. The number of amides is 2. The fraction of sp³-hybridized carbons (Fsp3) is 0.429. The summed E-state index contributed by atoms with van der Waals surface area (Å²) in [6.07, 6.45) is 5.94. The van der Waals surface area contributed by atoms with Crippen LogP contribution in [0.2, 0.25) is 0 Å². The Bertz CT molecular complexity index is 1200. The molecule has 0 N–H and O–H groups in total. The Morgan fingerprint density at radius 2 is 1.51 bits per heavy atom. The smallest absolute Gasteiger partial charge is 0.261 e. The van der Waals surface area contributed by atoms with Gasteiger partial charge in [-0.15, -0.1) is 10.2 Å². The number of hydrogen-bond acceptors (Lipinski definition) is 5. The van der Waals surface area contributed by atoms with Gasteiger partial charge in [0, 0.05) is 23.9 Å². The van der Waals surface area contributed by atoms with Crippen LogP contribution < -0.4 is 0 Å². The van der Waals surface area contributed by atoms with Crippen molar-refractivity contribution in [3.05, 3.63) is 65.2 Å². The van der Waals surface area contributed by atoms with Crippen molar-refractivity contribution >= 4 is 23.6 Å². The van der Waals surface area contributed by atoms with Crippen LogP contribution in [0.4, 0.5) is 0 Å². The van der Waals surface area contributed by atoms with E-state index in [2.05, 4.69) is 59.8 Å². The topological polar surface area (TPSA) is 68.1 Å². The van der Waals surface area contributed by atoms with Crippen molar-refractivity contribution < 1.29 is 9.59 Å². The van der Waals surface area contributed by atoms with Crippen LogP contribution in [-0.2, 0) is 5.41 Å². The minimum absolute atomic E-state index is 0.0979. The molecule has 0 saturated heterocycles. The van der Waals surface area contributed by atoms with E-state index in [4.69, 9.17) is 0 Å². The normalized spacial score (nSPS) is 16.7. The van der Waals surface area contributed by atoms with E-state index in [0.717, 1.165) is 29.4 Å². The molecule has 0 atom stereocenters. The lowest BCUT2D eigenvalue weighted by Crippen LogP contribution is -2.31. The van der Waals surface area contributed by atoms with Crippen LogP contribution in [0.1, 0.15) is 85.2 Å². The van der Waals surface area contributed by atoms with E-state index in [1.807, 2.05) is 0 Å². The Morgan fingerprint density at radius 3 is 2.11 bits per heavy atom. The lowest BCUT2D eigenvalue weighted by atomic mass is 9.86. The average molecular weight is 489 g/mol. The number of rotatable bonds is 6. The summed E-state index contributed by atoms with van der Waals surface area (Å²) in [6.45, 7) is 7.01. The molecule has 5 rings (SSSR count). The van der Waals surface area contributed by atoms with Gasteiger partial charge in [-0.3, -0.25) is 19.1 Å². The SMILES string of the molecule is CC(C)(C)c1ccc(-c2nnc(SCCN3C(=O)c4ccccc4C3=O)n2C2CCCCC2)cc1. The van der Waals surface area contributed by atoms with Crippen molar-refractivity contribution in [1.29, 1.82) is 0 Å². The van der Waals surface area contributed by atoms with E-state index in [1.54, 1.807) is 36.0 Å². The first-order chi connectivity index (χ1) is 16.8.